The molecule has 134 valence electrons. The van der Waals surface area contributed by atoms with Gasteiger partial charge in [-0.25, -0.2) is 14.8 Å². The van der Waals surface area contributed by atoms with E-state index in [-0.39, 0.29) is 23.5 Å². The van der Waals surface area contributed by atoms with E-state index in [4.69, 9.17) is 22.1 Å². The molecular weight excluding hydrogens is 334 g/mol. The zero-order chi connectivity index (χ0) is 18.0. The fraction of sp³-hybridized carbons (Fsp3) is 0.667. The van der Waals surface area contributed by atoms with Crippen LogP contribution in [0.4, 0.5) is 16.4 Å². The number of aliphatic hydroxyl groups is 1. The average Bonchev–Trinajstić information content (AvgIpc) is 2.48. The molecule has 1 aromatic rings. The summed E-state index contributed by atoms with van der Waals surface area (Å²) < 4.78 is 5.34. The average molecular weight is 358 g/mol. The highest BCUT2D eigenvalue weighted by atomic mass is 35.5. The van der Waals surface area contributed by atoms with Crippen molar-refractivity contribution in [2.45, 2.75) is 44.8 Å². The summed E-state index contributed by atoms with van der Waals surface area (Å²) in [7, 11) is 0. The Kier molecular flexibility index (Phi) is 5.39. The van der Waals surface area contributed by atoms with Gasteiger partial charge in [0.2, 0.25) is 0 Å². The molecule has 0 saturated carbocycles. The van der Waals surface area contributed by atoms with Gasteiger partial charge < -0.3 is 25.8 Å². The zero-order valence-electron chi connectivity index (χ0n) is 14.2. The van der Waals surface area contributed by atoms with Crippen molar-refractivity contribution in [3.8, 4) is 0 Å². The van der Waals surface area contributed by atoms with Gasteiger partial charge in [0.25, 0.3) is 0 Å². The van der Waals surface area contributed by atoms with Gasteiger partial charge in [-0.05, 0) is 33.6 Å². The van der Waals surface area contributed by atoms with E-state index in [0.29, 0.717) is 31.7 Å². The smallest absolute Gasteiger partial charge is 0.410 e. The highest BCUT2D eigenvalue weighted by molar-refractivity contribution is 6.35. The lowest BCUT2D eigenvalue weighted by molar-refractivity contribution is -0.0245. The highest BCUT2D eigenvalue weighted by Gasteiger charge is 2.35. The van der Waals surface area contributed by atoms with Crippen LogP contribution >= 0.6 is 11.6 Å². The number of nitrogens with zero attached hydrogens (tertiary/aromatic N) is 3. The third-order valence-corrected chi connectivity index (χ3v) is 4.12. The van der Waals surface area contributed by atoms with Crippen LogP contribution in [0.1, 0.15) is 33.6 Å². The summed E-state index contributed by atoms with van der Waals surface area (Å²) in [5.74, 6) is 0.563. The van der Waals surface area contributed by atoms with Gasteiger partial charge in [-0.3, -0.25) is 0 Å². The van der Waals surface area contributed by atoms with E-state index in [1.807, 2.05) is 20.8 Å². The second kappa shape index (κ2) is 6.98. The zero-order valence-corrected chi connectivity index (χ0v) is 14.9. The fourth-order valence-corrected chi connectivity index (χ4v) is 2.53. The molecule has 1 aliphatic heterocycles. The maximum Gasteiger partial charge on any atom is 0.410 e. The number of piperidine rings is 1. The first kappa shape index (κ1) is 18.5. The Bertz CT molecular complexity index is 597. The van der Waals surface area contributed by atoms with E-state index in [0.717, 1.165) is 0 Å². The van der Waals surface area contributed by atoms with E-state index in [2.05, 4.69) is 15.3 Å². The van der Waals surface area contributed by atoms with Crippen LogP contribution in [-0.4, -0.2) is 56.9 Å². The maximum atomic E-state index is 12.0. The molecule has 0 radical (unpaired) electrons. The summed E-state index contributed by atoms with van der Waals surface area (Å²) >= 11 is 6.02. The van der Waals surface area contributed by atoms with Gasteiger partial charge in [-0.1, -0.05) is 11.6 Å². The molecule has 1 amide bonds. The molecule has 24 heavy (non-hydrogen) atoms. The normalized spacial score (nSPS) is 17.5. The van der Waals surface area contributed by atoms with Crippen LogP contribution in [0.3, 0.4) is 0 Å². The molecule has 8 nitrogen and oxygen atoms in total. The number of halogens is 1. The lowest BCUT2D eigenvalue weighted by Gasteiger charge is -2.38. The number of aromatic nitrogens is 2. The topological polar surface area (TPSA) is 114 Å². The van der Waals surface area contributed by atoms with Crippen molar-refractivity contribution in [1.29, 1.82) is 0 Å². The van der Waals surface area contributed by atoms with E-state index >= 15 is 0 Å². The Morgan fingerprint density at radius 1 is 1.46 bits per heavy atom. The molecule has 1 fully saturated rings. The molecule has 0 aromatic carbocycles. The molecule has 0 bridgehead atoms. The summed E-state index contributed by atoms with van der Waals surface area (Å²) in [4.78, 5) is 21.4. The molecule has 1 aliphatic rings. The Hall–Kier alpha value is -1.80. The first-order valence-electron chi connectivity index (χ1n) is 7.80. The number of nitrogens with two attached hydrogens (primary N) is 1. The number of carbonyl (C=O) groups excluding carboxylic acids is 1. The number of nitrogens with one attached hydrogen (secondary N) is 1. The van der Waals surface area contributed by atoms with Crippen LogP contribution in [0, 0.1) is 0 Å². The lowest BCUT2D eigenvalue weighted by Crippen LogP contribution is -2.50. The van der Waals surface area contributed by atoms with Gasteiger partial charge in [0.05, 0.1) is 5.60 Å². The van der Waals surface area contributed by atoms with Gasteiger partial charge in [-0.2, -0.15) is 0 Å². The predicted molar refractivity (Wildman–Crippen MR) is 91.9 cm³/mol. The molecule has 4 N–H and O–H groups in total. The number of hydrogen-bond donors (Lipinski definition) is 3. The lowest BCUT2D eigenvalue weighted by atomic mass is 9.91. The number of nitrogen functional groups attached to an aromatic ring is 1. The van der Waals surface area contributed by atoms with Gasteiger partial charge in [0.15, 0.2) is 5.82 Å². The molecule has 1 aromatic heterocycles. The number of carbonyl (C=O) groups is 1. The number of rotatable bonds is 3. The Labute approximate surface area is 146 Å². The molecule has 9 heteroatoms. The molecular formula is C15H24ClN5O3. The summed E-state index contributed by atoms with van der Waals surface area (Å²) in [5.41, 5.74) is 4.13. The highest BCUT2D eigenvalue weighted by Crippen LogP contribution is 2.27. The van der Waals surface area contributed by atoms with Crippen LogP contribution in [-0.2, 0) is 4.74 Å². The third-order valence-electron chi connectivity index (χ3n) is 3.75. The molecule has 0 aliphatic carbocycles. The Morgan fingerprint density at radius 3 is 2.67 bits per heavy atom. The van der Waals surface area contributed by atoms with E-state index in [1.54, 1.807) is 4.90 Å². The second-order valence-corrected chi connectivity index (χ2v) is 7.34. The van der Waals surface area contributed by atoms with E-state index in [9.17, 15) is 9.90 Å². The van der Waals surface area contributed by atoms with Crippen molar-refractivity contribution in [2.75, 3.05) is 30.7 Å². The van der Waals surface area contributed by atoms with Crippen molar-refractivity contribution >= 4 is 29.3 Å². The standard InChI is InChI=1S/C15H24ClN5O3/c1-14(2,3)24-13(22)21-6-4-15(23,5-7-21)8-18-12-10(16)11(17)19-9-20-12/h9,23H,4-8H2,1-3H3,(H3,17,18,19,20). The fourth-order valence-electron chi connectivity index (χ4n) is 2.36. The third kappa shape index (κ3) is 4.85. The van der Waals surface area contributed by atoms with E-state index in [1.165, 1.54) is 6.33 Å². The predicted octanol–water partition coefficient (Wildman–Crippen LogP) is 1.89. The molecule has 0 unspecified atom stereocenters. The van der Waals surface area contributed by atoms with Crippen LogP contribution in [0.15, 0.2) is 6.33 Å². The largest absolute Gasteiger partial charge is 0.444 e. The maximum absolute atomic E-state index is 12.0. The van der Waals surface area contributed by atoms with Gasteiger partial charge in [-0.15, -0.1) is 0 Å². The minimum absolute atomic E-state index is 0.181. The van der Waals surface area contributed by atoms with Crippen molar-refractivity contribution in [2.24, 2.45) is 0 Å². The molecule has 0 spiro atoms. The first-order valence-corrected chi connectivity index (χ1v) is 8.18. The van der Waals surface area contributed by atoms with Crippen molar-refractivity contribution in [3.63, 3.8) is 0 Å². The van der Waals surface area contributed by atoms with E-state index < -0.39 is 11.2 Å². The number of amides is 1. The monoisotopic (exact) mass is 357 g/mol. The molecule has 2 rings (SSSR count). The van der Waals surface area contributed by atoms with Crippen molar-refractivity contribution < 1.29 is 14.6 Å². The van der Waals surface area contributed by atoms with Crippen LogP contribution in [0.25, 0.3) is 0 Å². The van der Waals surface area contributed by atoms with Crippen LogP contribution in [0.5, 0.6) is 0 Å². The minimum atomic E-state index is -0.957. The summed E-state index contributed by atoms with van der Waals surface area (Å²) in [6, 6.07) is 0. The van der Waals surface area contributed by atoms with Gasteiger partial charge in [0.1, 0.15) is 22.8 Å². The molecule has 2 heterocycles. The molecule has 1 saturated heterocycles. The number of ether oxygens (including phenoxy) is 1. The van der Waals surface area contributed by atoms with Crippen LogP contribution in [0.2, 0.25) is 5.02 Å². The van der Waals surface area contributed by atoms with Crippen LogP contribution < -0.4 is 11.1 Å². The number of hydrogen-bond acceptors (Lipinski definition) is 7. The number of anilines is 2. The van der Waals surface area contributed by atoms with Crippen molar-refractivity contribution in [1.82, 2.24) is 14.9 Å². The SMILES string of the molecule is CC(C)(C)OC(=O)N1CCC(O)(CNc2ncnc(N)c2Cl)CC1. The Morgan fingerprint density at radius 2 is 2.08 bits per heavy atom. The Balaban J connectivity index is 1.88. The van der Waals surface area contributed by atoms with Crippen molar-refractivity contribution in [3.05, 3.63) is 11.3 Å². The minimum Gasteiger partial charge on any atom is -0.444 e. The molecule has 0 atom stereocenters. The summed E-state index contributed by atoms with van der Waals surface area (Å²) in [6.45, 7) is 6.58. The summed E-state index contributed by atoms with van der Waals surface area (Å²) in [6.07, 6.45) is 1.80. The van der Waals surface area contributed by atoms with Gasteiger partial charge >= 0.3 is 6.09 Å². The summed E-state index contributed by atoms with van der Waals surface area (Å²) in [5, 5.41) is 13.9. The quantitative estimate of drug-likeness (QED) is 0.756. The van der Waals surface area contributed by atoms with Gasteiger partial charge in [0, 0.05) is 19.6 Å². The second-order valence-electron chi connectivity index (χ2n) is 6.97. The number of likely N-dealkylation sites (tertiary alicyclic amines) is 1. The first-order chi connectivity index (χ1) is 11.1.